The second-order valence-corrected chi connectivity index (χ2v) is 4.31. The lowest BCUT2D eigenvalue weighted by Gasteiger charge is -2.10. The molecule has 0 aliphatic rings. The van der Waals surface area contributed by atoms with Crippen molar-refractivity contribution in [2.75, 3.05) is 11.9 Å². The molecule has 108 valence electrons. The number of alkyl halides is 3. The number of nitrogens with zero attached hydrogens (tertiary/aromatic N) is 2. The summed E-state index contributed by atoms with van der Waals surface area (Å²) in [6.45, 7) is 2.44. The Balaban J connectivity index is 1.91. The van der Waals surface area contributed by atoms with Gasteiger partial charge in [-0.15, -0.1) is 0 Å². The summed E-state index contributed by atoms with van der Waals surface area (Å²) in [6, 6.07) is 5.13. The van der Waals surface area contributed by atoms with Crippen LogP contribution in [0.5, 0.6) is 0 Å². The molecule has 0 fully saturated rings. The summed E-state index contributed by atoms with van der Waals surface area (Å²) in [7, 11) is 0. The molecule has 0 aliphatic carbocycles. The van der Waals surface area contributed by atoms with E-state index >= 15 is 0 Å². The summed E-state index contributed by atoms with van der Waals surface area (Å²) in [5.41, 5.74) is -0.217. The van der Waals surface area contributed by atoms with Crippen LogP contribution >= 0.6 is 0 Å². The molecule has 4 nitrogen and oxygen atoms in total. The maximum atomic E-state index is 12.5. The summed E-state index contributed by atoms with van der Waals surface area (Å²) in [4.78, 5) is 4.23. The molecule has 0 saturated carbocycles. The number of halogens is 3. The van der Waals surface area contributed by atoms with Crippen LogP contribution in [0.25, 0.3) is 0 Å². The highest BCUT2D eigenvalue weighted by Crippen LogP contribution is 2.30. The number of hydrogen-bond donors (Lipinski definition) is 2. The molecule has 1 heterocycles. The second-order valence-electron chi connectivity index (χ2n) is 4.31. The third-order valence-corrected chi connectivity index (χ3v) is 2.78. The Labute approximate surface area is 114 Å². The molecule has 20 heavy (non-hydrogen) atoms. The van der Waals surface area contributed by atoms with Gasteiger partial charge in [-0.2, -0.15) is 18.3 Å². The molecule has 0 atom stereocenters. The third kappa shape index (κ3) is 3.72. The van der Waals surface area contributed by atoms with Crippen molar-refractivity contribution in [1.29, 1.82) is 0 Å². The first-order chi connectivity index (χ1) is 9.49. The van der Waals surface area contributed by atoms with E-state index in [0.29, 0.717) is 18.7 Å². The normalized spacial score (nSPS) is 11.6. The second kappa shape index (κ2) is 5.94. The first-order valence-electron chi connectivity index (χ1n) is 6.30. The highest BCUT2D eigenvalue weighted by atomic mass is 19.4. The largest absolute Gasteiger partial charge is 0.416 e. The van der Waals surface area contributed by atoms with Crippen molar-refractivity contribution < 1.29 is 13.2 Å². The Bertz CT molecular complexity index is 563. The van der Waals surface area contributed by atoms with Crippen molar-refractivity contribution in [3.05, 3.63) is 41.5 Å². The van der Waals surface area contributed by atoms with E-state index in [0.717, 1.165) is 30.2 Å². The van der Waals surface area contributed by atoms with Gasteiger partial charge in [0.05, 0.1) is 5.56 Å². The molecule has 0 bridgehead atoms. The molecule has 0 spiro atoms. The minimum atomic E-state index is -4.32. The average molecular weight is 284 g/mol. The zero-order valence-corrected chi connectivity index (χ0v) is 11.0. The fourth-order valence-corrected chi connectivity index (χ4v) is 1.74. The van der Waals surface area contributed by atoms with Crippen molar-refractivity contribution in [3.63, 3.8) is 0 Å². The zero-order valence-electron chi connectivity index (χ0n) is 11.0. The number of hydrogen-bond acceptors (Lipinski definition) is 3. The van der Waals surface area contributed by atoms with E-state index in [4.69, 9.17) is 0 Å². The van der Waals surface area contributed by atoms with E-state index in [1.54, 1.807) is 6.07 Å². The van der Waals surface area contributed by atoms with Crippen LogP contribution in [0.1, 0.15) is 24.1 Å². The molecule has 7 heteroatoms. The van der Waals surface area contributed by atoms with Crippen LogP contribution in [0, 0.1) is 0 Å². The van der Waals surface area contributed by atoms with Crippen LogP contribution < -0.4 is 5.32 Å². The Morgan fingerprint density at radius 2 is 2.10 bits per heavy atom. The van der Waals surface area contributed by atoms with E-state index in [1.807, 2.05) is 6.92 Å². The molecule has 0 amide bonds. The van der Waals surface area contributed by atoms with E-state index in [9.17, 15) is 13.2 Å². The predicted octanol–water partition coefficient (Wildman–Crippen LogP) is 3.04. The maximum Gasteiger partial charge on any atom is 0.416 e. The number of benzene rings is 1. The molecule has 0 unspecified atom stereocenters. The lowest BCUT2D eigenvalue weighted by atomic mass is 10.2. The van der Waals surface area contributed by atoms with E-state index in [-0.39, 0.29) is 0 Å². The van der Waals surface area contributed by atoms with Gasteiger partial charge in [0.15, 0.2) is 0 Å². The first kappa shape index (κ1) is 14.4. The van der Waals surface area contributed by atoms with Crippen LogP contribution in [0.2, 0.25) is 0 Å². The predicted molar refractivity (Wildman–Crippen MR) is 69.4 cm³/mol. The number of aromatic amines is 1. The van der Waals surface area contributed by atoms with Gasteiger partial charge >= 0.3 is 6.18 Å². The number of anilines is 1. The topological polar surface area (TPSA) is 53.6 Å². The average Bonchev–Trinajstić information content (AvgIpc) is 2.86. The van der Waals surface area contributed by atoms with E-state index < -0.39 is 11.7 Å². The van der Waals surface area contributed by atoms with Crippen molar-refractivity contribution in [3.8, 4) is 0 Å². The first-order valence-corrected chi connectivity index (χ1v) is 6.30. The Morgan fingerprint density at radius 3 is 2.75 bits per heavy atom. The minimum Gasteiger partial charge on any atom is -0.385 e. The molecular weight excluding hydrogens is 269 g/mol. The lowest BCUT2D eigenvalue weighted by Crippen LogP contribution is -2.09. The quantitative estimate of drug-likeness (QED) is 0.887. The Kier molecular flexibility index (Phi) is 4.26. The number of aromatic nitrogens is 3. The van der Waals surface area contributed by atoms with Gasteiger partial charge in [-0.3, -0.25) is 5.10 Å². The van der Waals surface area contributed by atoms with Crippen LogP contribution in [0.15, 0.2) is 24.3 Å². The van der Waals surface area contributed by atoms with Gasteiger partial charge in [0.2, 0.25) is 0 Å². The van der Waals surface area contributed by atoms with Gasteiger partial charge in [0.1, 0.15) is 11.6 Å². The minimum absolute atomic E-state index is 0.440. The molecule has 0 aliphatic heterocycles. The van der Waals surface area contributed by atoms with Crippen LogP contribution in [-0.2, 0) is 19.0 Å². The van der Waals surface area contributed by atoms with Gasteiger partial charge in [0, 0.05) is 25.1 Å². The summed E-state index contributed by atoms with van der Waals surface area (Å²) in [6.07, 6.45) is -3.00. The number of rotatable bonds is 5. The van der Waals surface area contributed by atoms with E-state index in [1.165, 1.54) is 6.07 Å². The van der Waals surface area contributed by atoms with Crippen molar-refractivity contribution in [2.45, 2.75) is 25.9 Å². The molecule has 1 aromatic carbocycles. The molecule has 2 N–H and O–H groups in total. The molecule has 2 aromatic rings. The number of H-pyrrole nitrogens is 1. The Morgan fingerprint density at radius 1 is 1.30 bits per heavy atom. The fourth-order valence-electron chi connectivity index (χ4n) is 1.74. The summed E-state index contributed by atoms with van der Waals surface area (Å²) < 4.78 is 37.6. The SMILES string of the molecule is CCc1n[nH]c(CCNc2cccc(C(F)(F)F)c2)n1. The number of nitrogens with one attached hydrogen (secondary N) is 2. The number of aryl methyl sites for hydroxylation is 1. The zero-order chi connectivity index (χ0) is 14.6. The highest BCUT2D eigenvalue weighted by molar-refractivity contribution is 5.46. The standard InChI is InChI=1S/C13H15F3N4/c1-2-11-18-12(20-19-11)6-7-17-10-5-3-4-9(8-10)13(14,15)16/h3-5,8,17H,2,6-7H2,1H3,(H,18,19,20). The van der Waals surface area contributed by atoms with Crippen LogP contribution in [0.3, 0.4) is 0 Å². The maximum absolute atomic E-state index is 12.5. The summed E-state index contributed by atoms with van der Waals surface area (Å²) >= 11 is 0. The molecular formula is C13H15F3N4. The molecule has 0 radical (unpaired) electrons. The molecule has 1 aromatic heterocycles. The summed E-state index contributed by atoms with van der Waals surface area (Å²) in [5.74, 6) is 1.46. The van der Waals surface area contributed by atoms with Gasteiger partial charge < -0.3 is 5.32 Å². The molecule has 2 rings (SSSR count). The van der Waals surface area contributed by atoms with E-state index in [2.05, 4.69) is 20.5 Å². The Hall–Kier alpha value is -2.05. The smallest absolute Gasteiger partial charge is 0.385 e. The van der Waals surface area contributed by atoms with Crippen molar-refractivity contribution in [1.82, 2.24) is 15.2 Å². The van der Waals surface area contributed by atoms with Gasteiger partial charge in [-0.05, 0) is 18.2 Å². The molecule has 0 saturated heterocycles. The monoisotopic (exact) mass is 284 g/mol. The van der Waals surface area contributed by atoms with Gasteiger partial charge in [-0.1, -0.05) is 13.0 Å². The fraction of sp³-hybridized carbons (Fsp3) is 0.385. The van der Waals surface area contributed by atoms with Crippen LogP contribution in [-0.4, -0.2) is 21.7 Å². The highest BCUT2D eigenvalue weighted by Gasteiger charge is 2.30. The van der Waals surface area contributed by atoms with Crippen molar-refractivity contribution in [2.24, 2.45) is 0 Å². The van der Waals surface area contributed by atoms with Crippen LogP contribution in [0.4, 0.5) is 18.9 Å². The third-order valence-electron chi connectivity index (χ3n) is 2.78. The summed E-state index contributed by atoms with van der Waals surface area (Å²) in [5, 5.41) is 9.74. The van der Waals surface area contributed by atoms with Gasteiger partial charge in [-0.25, -0.2) is 4.98 Å². The lowest BCUT2D eigenvalue weighted by molar-refractivity contribution is -0.137. The van der Waals surface area contributed by atoms with Gasteiger partial charge in [0.25, 0.3) is 0 Å². The van der Waals surface area contributed by atoms with Crippen molar-refractivity contribution >= 4 is 5.69 Å².